The smallest absolute Gasteiger partial charge is 0.292 e. The summed E-state index contributed by atoms with van der Waals surface area (Å²) in [4.78, 5) is 13.3. The Morgan fingerprint density at radius 1 is 1.38 bits per heavy atom. The number of amides is 1. The Morgan fingerprint density at radius 3 is 2.73 bits per heavy atom. The van der Waals surface area contributed by atoms with E-state index in [0.717, 1.165) is 10.5 Å². The molecule has 2 aromatic rings. The molecule has 1 aromatic heterocycles. The van der Waals surface area contributed by atoms with Gasteiger partial charge >= 0.3 is 0 Å². The van der Waals surface area contributed by atoms with Crippen LogP contribution in [0.15, 0.2) is 28.7 Å². The summed E-state index contributed by atoms with van der Waals surface area (Å²) in [7, 11) is 1.91. The molecule has 0 bridgehead atoms. The molecule has 1 unspecified atom stereocenters. The highest BCUT2D eigenvalue weighted by atomic mass is 32.1. The maximum absolute atomic E-state index is 12.1. The van der Waals surface area contributed by atoms with Crippen LogP contribution in [-0.2, 0) is 11.5 Å². The topological polar surface area (TPSA) is 73.7 Å². The average molecular weight is 380 g/mol. The number of carbonyl (C=O) groups excluding carboxylic acids is 1. The first kappa shape index (κ1) is 20.1. The lowest BCUT2D eigenvalue weighted by molar-refractivity contribution is -0.895. The van der Waals surface area contributed by atoms with Crippen molar-refractivity contribution in [2.24, 2.45) is 0 Å². The van der Waals surface area contributed by atoms with Gasteiger partial charge in [0.1, 0.15) is 5.75 Å². The summed E-state index contributed by atoms with van der Waals surface area (Å²) in [6.07, 6.45) is 0. The van der Waals surface area contributed by atoms with Crippen molar-refractivity contribution in [3.63, 3.8) is 0 Å². The summed E-state index contributed by atoms with van der Waals surface area (Å²) in [6, 6.07) is 7.53. The van der Waals surface area contributed by atoms with Gasteiger partial charge in [0.05, 0.1) is 19.2 Å². The molecule has 0 aliphatic rings. The number of para-hydroxylation sites is 1. The van der Waals surface area contributed by atoms with Gasteiger partial charge in [-0.2, -0.15) is 4.68 Å². The molecule has 0 saturated heterocycles. The van der Waals surface area contributed by atoms with Crippen LogP contribution in [0.1, 0.15) is 27.7 Å². The van der Waals surface area contributed by atoms with E-state index in [4.69, 9.17) is 21.4 Å². The lowest BCUT2D eigenvalue weighted by atomic mass is 10.1. The second-order valence-electron chi connectivity index (χ2n) is 7.19. The SMILES string of the molecule is CCOc1ccccc1-c1nn(C[NH+](C)CC(=O)NC(C)(C)C)c(=S)o1. The van der Waals surface area contributed by atoms with E-state index >= 15 is 0 Å². The van der Waals surface area contributed by atoms with Crippen LogP contribution in [0.2, 0.25) is 0 Å². The minimum atomic E-state index is -0.252. The van der Waals surface area contributed by atoms with E-state index in [-0.39, 0.29) is 16.3 Å². The van der Waals surface area contributed by atoms with Gasteiger partial charge in [-0.15, -0.1) is 5.10 Å². The van der Waals surface area contributed by atoms with Crippen LogP contribution >= 0.6 is 12.2 Å². The zero-order chi connectivity index (χ0) is 19.3. The minimum absolute atomic E-state index is 0.0214. The molecule has 2 rings (SSSR count). The van der Waals surface area contributed by atoms with Gasteiger partial charge in [0.25, 0.3) is 16.6 Å². The Labute approximate surface area is 158 Å². The quantitative estimate of drug-likeness (QED) is 0.716. The van der Waals surface area contributed by atoms with Crippen LogP contribution in [-0.4, -0.2) is 41.4 Å². The highest BCUT2D eigenvalue weighted by molar-refractivity contribution is 7.71. The van der Waals surface area contributed by atoms with E-state index in [9.17, 15) is 4.79 Å². The molecule has 0 aliphatic carbocycles. The Hall–Kier alpha value is -2.19. The fourth-order valence-corrected chi connectivity index (χ4v) is 2.67. The number of nitrogens with one attached hydrogen (secondary N) is 2. The van der Waals surface area contributed by atoms with Crippen molar-refractivity contribution in [2.75, 3.05) is 20.2 Å². The highest BCUT2D eigenvalue weighted by Crippen LogP contribution is 2.28. The third kappa shape index (κ3) is 5.67. The third-order valence-electron chi connectivity index (χ3n) is 3.42. The maximum Gasteiger partial charge on any atom is 0.292 e. The lowest BCUT2D eigenvalue weighted by Gasteiger charge is -2.21. The molecule has 8 heteroatoms. The number of carbonyl (C=O) groups is 1. The number of hydrogen-bond donors (Lipinski definition) is 2. The van der Waals surface area contributed by atoms with Gasteiger partial charge in [-0.25, -0.2) is 0 Å². The van der Waals surface area contributed by atoms with Crippen LogP contribution in [0.5, 0.6) is 5.75 Å². The van der Waals surface area contributed by atoms with Crippen molar-refractivity contribution in [3.8, 4) is 17.2 Å². The number of rotatable bonds is 7. The van der Waals surface area contributed by atoms with Crippen molar-refractivity contribution in [2.45, 2.75) is 39.9 Å². The number of likely N-dealkylation sites (N-methyl/N-ethyl adjacent to an activating group) is 1. The molecule has 7 nitrogen and oxygen atoms in total. The second kappa shape index (κ2) is 8.46. The van der Waals surface area contributed by atoms with Crippen molar-refractivity contribution >= 4 is 18.1 Å². The molecular formula is C18H27N4O3S+. The zero-order valence-electron chi connectivity index (χ0n) is 16.0. The number of benzene rings is 1. The van der Waals surface area contributed by atoms with Gasteiger partial charge in [0.2, 0.25) is 0 Å². The fraction of sp³-hybridized carbons (Fsp3) is 0.500. The summed E-state index contributed by atoms with van der Waals surface area (Å²) in [5.74, 6) is 1.08. The summed E-state index contributed by atoms with van der Waals surface area (Å²) in [5.41, 5.74) is 0.500. The summed E-state index contributed by atoms with van der Waals surface area (Å²) in [5, 5.41) is 7.41. The predicted molar refractivity (Wildman–Crippen MR) is 102 cm³/mol. The molecule has 26 heavy (non-hydrogen) atoms. The first-order valence-electron chi connectivity index (χ1n) is 8.62. The molecule has 0 spiro atoms. The van der Waals surface area contributed by atoms with Crippen LogP contribution in [0.25, 0.3) is 11.5 Å². The standard InChI is InChI=1S/C18H26N4O3S/c1-6-24-14-10-8-7-9-13(14)16-20-22(17(26)25-16)12-21(5)11-15(23)19-18(2,3)4/h7-10H,6,11-12H2,1-5H3,(H,19,23)/p+1. The molecule has 2 N–H and O–H groups in total. The molecule has 0 radical (unpaired) electrons. The van der Waals surface area contributed by atoms with Gasteiger partial charge in [0.15, 0.2) is 13.2 Å². The third-order valence-corrected chi connectivity index (χ3v) is 3.71. The second-order valence-corrected chi connectivity index (χ2v) is 7.54. The molecule has 0 aliphatic heterocycles. The van der Waals surface area contributed by atoms with Crippen LogP contribution < -0.4 is 15.0 Å². The molecule has 0 saturated carbocycles. The number of hydrogen-bond acceptors (Lipinski definition) is 5. The molecule has 1 atom stereocenters. The molecular weight excluding hydrogens is 352 g/mol. The Bertz CT molecular complexity index is 807. The van der Waals surface area contributed by atoms with Gasteiger partial charge < -0.3 is 19.4 Å². The summed E-state index contributed by atoms with van der Waals surface area (Å²) in [6.45, 7) is 9.08. The number of nitrogens with zero attached hydrogens (tertiary/aromatic N) is 2. The van der Waals surface area contributed by atoms with Gasteiger partial charge in [-0.1, -0.05) is 12.1 Å². The molecule has 0 fully saturated rings. The van der Waals surface area contributed by atoms with Crippen molar-refractivity contribution < 1.29 is 18.8 Å². The fourth-order valence-electron chi connectivity index (χ4n) is 2.49. The maximum atomic E-state index is 12.1. The number of aromatic nitrogens is 2. The van der Waals surface area contributed by atoms with E-state index in [1.54, 1.807) is 4.68 Å². The molecule has 1 amide bonds. The average Bonchev–Trinajstić information content (AvgIpc) is 2.86. The van der Waals surface area contributed by atoms with Crippen LogP contribution in [0.4, 0.5) is 0 Å². The van der Waals surface area contributed by atoms with Crippen LogP contribution in [0, 0.1) is 4.84 Å². The number of ether oxygens (including phenoxy) is 1. The molecule has 142 valence electrons. The summed E-state index contributed by atoms with van der Waals surface area (Å²) < 4.78 is 12.9. The highest BCUT2D eigenvalue weighted by Gasteiger charge is 2.19. The summed E-state index contributed by atoms with van der Waals surface area (Å²) >= 11 is 5.28. The van der Waals surface area contributed by atoms with Gasteiger partial charge in [-0.3, -0.25) is 4.79 Å². The lowest BCUT2D eigenvalue weighted by Crippen LogP contribution is -3.09. The molecule has 1 heterocycles. The van der Waals surface area contributed by atoms with Gasteiger partial charge in [0, 0.05) is 5.54 Å². The zero-order valence-corrected chi connectivity index (χ0v) is 16.8. The minimum Gasteiger partial charge on any atom is -0.493 e. The first-order chi connectivity index (χ1) is 12.2. The van der Waals surface area contributed by atoms with Crippen molar-refractivity contribution in [3.05, 3.63) is 29.1 Å². The van der Waals surface area contributed by atoms with Crippen LogP contribution in [0.3, 0.4) is 0 Å². The van der Waals surface area contributed by atoms with E-state index in [0.29, 0.717) is 31.5 Å². The Kier molecular flexibility index (Phi) is 6.55. The van der Waals surface area contributed by atoms with E-state index < -0.39 is 0 Å². The number of quaternary nitrogens is 1. The normalized spacial score (nSPS) is 12.7. The van der Waals surface area contributed by atoms with E-state index in [2.05, 4.69) is 10.4 Å². The van der Waals surface area contributed by atoms with Crippen molar-refractivity contribution in [1.29, 1.82) is 0 Å². The van der Waals surface area contributed by atoms with E-state index in [1.165, 1.54) is 0 Å². The molecule has 1 aromatic carbocycles. The predicted octanol–water partition coefficient (Wildman–Crippen LogP) is 1.66. The monoisotopic (exact) mass is 379 g/mol. The largest absolute Gasteiger partial charge is 0.493 e. The van der Waals surface area contributed by atoms with E-state index in [1.807, 2.05) is 59.0 Å². The Morgan fingerprint density at radius 2 is 2.08 bits per heavy atom. The van der Waals surface area contributed by atoms with Gasteiger partial charge in [-0.05, 0) is 52.0 Å². The Balaban J connectivity index is 2.11. The van der Waals surface area contributed by atoms with Crippen molar-refractivity contribution in [1.82, 2.24) is 15.1 Å². The first-order valence-corrected chi connectivity index (χ1v) is 9.03.